The summed E-state index contributed by atoms with van der Waals surface area (Å²) < 4.78 is 13.8. The molecule has 2 fully saturated rings. The van der Waals surface area contributed by atoms with Crippen LogP contribution in [-0.2, 0) is 0 Å². The van der Waals surface area contributed by atoms with Crippen LogP contribution in [0.1, 0.15) is 54.8 Å². The number of anilines is 2. The summed E-state index contributed by atoms with van der Waals surface area (Å²) in [6.07, 6.45) is 4.06. The topological polar surface area (TPSA) is 78.1 Å². The fourth-order valence-electron chi connectivity index (χ4n) is 3.46. The summed E-state index contributed by atoms with van der Waals surface area (Å²) in [5.74, 6) is 0.528. The number of carbonyl (C=O) groups is 1. The van der Waals surface area contributed by atoms with Crippen molar-refractivity contribution in [3.8, 4) is 0 Å². The van der Waals surface area contributed by atoms with Crippen LogP contribution in [0.4, 0.5) is 15.8 Å². The van der Waals surface area contributed by atoms with Gasteiger partial charge < -0.3 is 15.2 Å². The van der Waals surface area contributed by atoms with Gasteiger partial charge in [0.15, 0.2) is 0 Å². The molecule has 142 valence electrons. The van der Waals surface area contributed by atoms with Gasteiger partial charge >= 0.3 is 0 Å². The van der Waals surface area contributed by atoms with Crippen molar-refractivity contribution in [2.75, 3.05) is 23.3 Å². The highest BCUT2D eigenvalue weighted by atomic mass is 19.1. The second-order valence-electron chi connectivity index (χ2n) is 7.58. The molecule has 0 unspecified atom stereocenters. The SMILES string of the molecule is CC1CCN(c2ccc(F)cc2NC(=O)c2cc(=O)[nH]c(C3CC3)n2)CC1. The molecule has 1 saturated heterocycles. The average molecular weight is 370 g/mol. The molecule has 0 atom stereocenters. The molecule has 0 spiro atoms. The van der Waals surface area contributed by atoms with Crippen molar-refractivity contribution in [1.82, 2.24) is 9.97 Å². The quantitative estimate of drug-likeness (QED) is 0.866. The van der Waals surface area contributed by atoms with Crippen molar-refractivity contribution in [3.05, 3.63) is 52.0 Å². The molecule has 1 saturated carbocycles. The number of carbonyl (C=O) groups excluding carboxylic acids is 1. The summed E-state index contributed by atoms with van der Waals surface area (Å²) in [7, 11) is 0. The lowest BCUT2D eigenvalue weighted by Gasteiger charge is -2.33. The normalized spacial score (nSPS) is 17.8. The minimum Gasteiger partial charge on any atom is -0.370 e. The summed E-state index contributed by atoms with van der Waals surface area (Å²) in [4.78, 5) is 33.7. The van der Waals surface area contributed by atoms with E-state index in [-0.39, 0.29) is 17.2 Å². The molecule has 2 heterocycles. The number of hydrogen-bond acceptors (Lipinski definition) is 4. The summed E-state index contributed by atoms with van der Waals surface area (Å²) in [6, 6.07) is 5.60. The molecule has 1 aliphatic carbocycles. The van der Waals surface area contributed by atoms with E-state index in [2.05, 4.69) is 27.1 Å². The van der Waals surface area contributed by atoms with Gasteiger partial charge in [-0.2, -0.15) is 0 Å². The first kappa shape index (κ1) is 17.7. The van der Waals surface area contributed by atoms with Crippen LogP contribution in [0.25, 0.3) is 0 Å². The highest BCUT2D eigenvalue weighted by Crippen LogP contribution is 2.37. The van der Waals surface area contributed by atoms with Crippen LogP contribution in [0.3, 0.4) is 0 Å². The summed E-state index contributed by atoms with van der Waals surface area (Å²) in [6.45, 7) is 3.95. The lowest BCUT2D eigenvalue weighted by Crippen LogP contribution is -2.33. The van der Waals surface area contributed by atoms with Crippen LogP contribution in [0, 0.1) is 11.7 Å². The van der Waals surface area contributed by atoms with E-state index in [0.29, 0.717) is 17.4 Å². The van der Waals surface area contributed by atoms with Crippen molar-refractivity contribution < 1.29 is 9.18 Å². The second-order valence-corrected chi connectivity index (χ2v) is 7.58. The van der Waals surface area contributed by atoms with Crippen LogP contribution in [-0.4, -0.2) is 29.0 Å². The maximum Gasteiger partial charge on any atom is 0.274 e. The van der Waals surface area contributed by atoms with E-state index < -0.39 is 11.7 Å². The number of hydrogen-bond donors (Lipinski definition) is 2. The standard InChI is InChI=1S/C20H23FN4O2/c1-12-6-8-25(9-7-12)17-5-4-14(21)10-15(17)23-20(27)16-11-18(26)24-19(22-16)13-2-3-13/h4-5,10-13H,2-3,6-9H2,1H3,(H,23,27)(H,22,24,26). The predicted octanol–water partition coefficient (Wildman–Crippen LogP) is 3.28. The molecule has 0 radical (unpaired) electrons. The van der Waals surface area contributed by atoms with Gasteiger partial charge in [-0.3, -0.25) is 9.59 Å². The van der Waals surface area contributed by atoms with Crippen LogP contribution < -0.4 is 15.8 Å². The van der Waals surface area contributed by atoms with Crippen LogP contribution in [0.15, 0.2) is 29.1 Å². The largest absolute Gasteiger partial charge is 0.370 e. The summed E-state index contributed by atoms with van der Waals surface area (Å²) in [5, 5.41) is 2.75. The highest BCUT2D eigenvalue weighted by Gasteiger charge is 2.27. The fraction of sp³-hybridized carbons (Fsp3) is 0.450. The van der Waals surface area contributed by atoms with Gasteiger partial charge in [-0.15, -0.1) is 0 Å². The number of nitrogens with one attached hydrogen (secondary N) is 2. The zero-order valence-electron chi connectivity index (χ0n) is 15.3. The molecule has 1 aliphatic heterocycles. The smallest absolute Gasteiger partial charge is 0.274 e. The van der Waals surface area contributed by atoms with E-state index in [1.54, 1.807) is 6.07 Å². The Balaban J connectivity index is 1.59. The van der Waals surface area contributed by atoms with E-state index in [1.807, 2.05) is 0 Å². The third kappa shape index (κ3) is 4.02. The Morgan fingerprint density at radius 1 is 1.22 bits per heavy atom. The van der Waals surface area contributed by atoms with Gasteiger partial charge in [-0.25, -0.2) is 9.37 Å². The van der Waals surface area contributed by atoms with Gasteiger partial charge in [0.25, 0.3) is 11.5 Å². The molecule has 4 rings (SSSR count). The predicted molar refractivity (Wildman–Crippen MR) is 102 cm³/mol. The van der Waals surface area contributed by atoms with Gasteiger partial charge in [0, 0.05) is 25.1 Å². The molecule has 1 aromatic heterocycles. The summed E-state index contributed by atoms with van der Waals surface area (Å²) >= 11 is 0. The molecular weight excluding hydrogens is 347 g/mol. The van der Waals surface area contributed by atoms with Crippen molar-refractivity contribution in [1.29, 1.82) is 0 Å². The van der Waals surface area contributed by atoms with Crippen LogP contribution >= 0.6 is 0 Å². The number of aromatic nitrogens is 2. The number of halogens is 1. The monoisotopic (exact) mass is 370 g/mol. The zero-order chi connectivity index (χ0) is 19.0. The van der Waals surface area contributed by atoms with Gasteiger partial charge in [0.1, 0.15) is 17.3 Å². The number of H-pyrrole nitrogens is 1. The first-order valence-electron chi connectivity index (χ1n) is 9.46. The van der Waals surface area contributed by atoms with E-state index in [9.17, 15) is 14.0 Å². The second kappa shape index (κ2) is 7.13. The molecule has 6 nitrogen and oxygen atoms in total. The van der Waals surface area contributed by atoms with Gasteiger partial charge in [0.2, 0.25) is 0 Å². The van der Waals surface area contributed by atoms with Crippen molar-refractivity contribution >= 4 is 17.3 Å². The minimum atomic E-state index is -0.500. The minimum absolute atomic E-state index is 0.0585. The zero-order valence-corrected chi connectivity index (χ0v) is 15.3. The Labute approximate surface area is 156 Å². The van der Waals surface area contributed by atoms with Gasteiger partial charge in [-0.1, -0.05) is 6.92 Å². The van der Waals surface area contributed by atoms with E-state index in [4.69, 9.17) is 0 Å². The average Bonchev–Trinajstić information content (AvgIpc) is 3.47. The molecule has 2 N–H and O–H groups in total. The molecular formula is C20H23FN4O2. The number of amides is 1. The van der Waals surface area contributed by atoms with E-state index in [1.165, 1.54) is 18.2 Å². The molecule has 1 amide bonds. The molecule has 0 bridgehead atoms. The van der Waals surface area contributed by atoms with E-state index >= 15 is 0 Å². The molecule has 2 aliphatic rings. The van der Waals surface area contributed by atoms with Crippen LogP contribution in [0.5, 0.6) is 0 Å². The molecule has 27 heavy (non-hydrogen) atoms. The third-order valence-corrected chi connectivity index (χ3v) is 5.29. The Kier molecular flexibility index (Phi) is 4.68. The first-order valence-corrected chi connectivity index (χ1v) is 9.46. The number of piperidine rings is 1. The Morgan fingerprint density at radius 2 is 1.96 bits per heavy atom. The maximum absolute atomic E-state index is 13.8. The number of aromatic amines is 1. The van der Waals surface area contributed by atoms with Gasteiger partial charge in [-0.05, 0) is 49.8 Å². The van der Waals surface area contributed by atoms with Crippen molar-refractivity contribution in [2.24, 2.45) is 5.92 Å². The third-order valence-electron chi connectivity index (χ3n) is 5.29. The van der Waals surface area contributed by atoms with Gasteiger partial charge in [0.05, 0.1) is 11.4 Å². The van der Waals surface area contributed by atoms with Crippen molar-refractivity contribution in [3.63, 3.8) is 0 Å². The maximum atomic E-state index is 13.8. The Hall–Kier alpha value is -2.70. The number of nitrogens with zero attached hydrogens (tertiary/aromatic N) is 2. The first-order chi connectivity index (χ1) is 13.0. The Morgan fingerprint density at radius 3 is 2.67 bits per heavy atom. The van der Waals surface area contributed by atoms with E-state index in [0.717, 1.165) is 44.5 Å². The van der Waals surface area contributed by atoms with Crippen molar-refractivity contribution in [2.45, 2.75) is 38.5 Å². The molecule has 2 aromatic rings. The fourth-order valence-corrected chi connectivity index (χ4v) is 3.46. The highest BCUT2D eigenvalue weighted by molar-refractivity contribution is 6.04. The molecule has 7 heteroatoms. The number of rotatable bonds is 4. The molecule has 1 aromatic carbocycles. The lowest BCUT2D eigenvalue weighted by molar-refractivity contribution is 0.102. The number of benzene rings is 1. The summed E-state index contributed by atoms with van der Waals surface area (Å²) in [5.41, 5.74) is 0.915. The Bertz CT molecular complexity index is 914. The van der Waals surface area contributed by atoms with Crippen LogP contribution in [0.2, 0.25) is 0 Å². The lowest BCUT2D eigenvalue weighted by atomic mass is 9.98.